The number of nitrogens with zero attached hydrogens (tertiary/aromatic N) is 1. The van der Waals surface area contributed by atoms with Crippen molar-refractivity contribution in [3.05, 3.63) is 0 Å². The third-order valence-electron chi connectivity index (χ3n) is 4.26. The molecule has 0 aliphatic heterocycles. The van der Waals surface area contributed by atoms with Gasteiger partial charge in [-0.05, 0) is 44.2 Å². The van der Waals surface area contributed by atoms with Gasteiger partial charge in [0, 0.05) is 6.04 Å². The molecule has 0 heterocycles. The summed E-state index contributed by atoms with van der Waals surface area (Å²) >= 11 is 0. The third kappa shape index (κ3) is 1.76. The van der Waals surface area contributed by atoms with Crippen molar-refractivity contribution in [2.45, 2.75) is 46.6 Å². The number of rotatable bonds is 3. The molecule has 0 aromatic heterocycles. The van der Waals surface area contributed by atoms with Gasteiger partial charge in [0.05, 0.1) is 0 Å². The van der Waals surface area contributed by atoms with Crippen molar-refractivity contribution in [1.29, 1.82) is 0 Å². The van der Waals surface area contributed by atoms with E-state index in [2.05, 4.69) is 46.7 Å². The van der Waals surface area contributed by atoms with Crippen LogP contribution in [0.3, 0.4) is 0 Å². The van der Waals surface area contributed by atoms with Crippen molar-refractivity contribution >= 4 is 0 Å². The zero-order valence-corrected chi connectivity index (χ0v) is 10.1. The van der Waals surface area contributed by atoms with E-state index in [0.717, 1.165) is 17.9 Å². The van der Waals surface area contributed by atoms with Crippen molar-refractivity contribution in [3.63, 3.8) is 0 Å². The molecule has 0 N–H and O–H groups in total. The van der Waals surface area contributed by atoms with Gasteiger partial charge in [-0.25, -0.2) is 0 Å². The van der Waals surface area contributed by atoms with E-state index < -0.39 is 0 Å². The number of hydrogen-bond acceptors (Lipinski definition) is 1. The molecule has 13 heavy (non-hydrogen) atoms. The molecule has 78 valence electrons. The zero-order valence-electron chi connectivity index (χ0n) is 10.1. The van der Waals surface area contributed by atoms with Crippen LogP contribution in [0.4, 0.5) is 0 Å². The van der Waals surface area contributed by atoms with Crippen LogP contribution in [-0.4, -0.2) is 25.0 Å². The Morgan fingerprint density at radius 3 is 1.62 bits per heavy atom. The maximum Gasteiger partial charge on any atom is 0.0100 e. The van der Waals surface area contributed by atoms with Crippen LogP contribution in [0, 0.1) is 17.3 Å². The molecule has 1 fully saturated rings. The topological polar surface area (TPSA) is 3.24 Å². The predicted molar refractivity (Wildman–Crippen MR) is 58.8 cm³/mol. The molecular formula is C12H25N. The van der Waals surface area contributed by atoms with Crippen LogP contribution in [0.2, 0.25) is 0 Å². The molecule has 0 aromatic carbocycles. The standard InChI is InChI=1S/C12H25N/c1-9(2)12(10(3)4)7-11(8-12)13(5)6/h9-11H,7-8H2,1-6H3. The van der Waals surface area contributed by atoms with Crippen molar-refractivity contribution in [3.8, 4) is 0 Å². The molecule has 1 rings (SSSR count). The van der Waals surface area contributed by atoms with E-state index >= 15 is 0 Å². The van der Waals surface area contributed by atoms with Gasteiger partial charge in [-0.15, -0.1) is 0 Å². The lowest BCUT2D eigenvalue weighted by molar-refractivity contribution is -0.0519. The highest BCUT2D eigenvalue weighted by Crippen LogP contribution is 2.53. The van der Waals surface area contributed by atoms with Crippen LogP contribution < -0.4 is 0 Å². The first-order chi connectivity index (χ1) is 5.90. The second kappa shape index (κ2) is 3.61. The molecule has 0 aromatic rings. The second-order valence-electron chi connectivity index (χ2n) is 5.57. The summed E-state index contributed by atoms with van der Waals surface area (Å²) in [5.41, 5.74) is 0.634. The Morgan fingerprint density at radius 1 is 1.00 bits per heavy atom. The normalized spacial score (nSPS) is 22.8. The molecule has 0 amide bonds. The van der Waals surface area contributed by atoms with Crippen LogP contribution >= 0.6 is 0 Å². The highest BCUT2D eigenvalue weighted by Gasteiger charge is 2.48. The first kappa shape index (κ1) is 11.0. The Morgan fingerprint density at radius 2 is 1.38 bits per heavy atom. The van der Waals surface area contributed by atoms with Gasteiger partial charge in [0.25, 0.3) is 0 Å². The van der Waals surface area contributed by atoms with Gasteiger partial charge >= 0.3 is 0 Å². The van der Waals surface area contributed by atoms with Gasteiger partial charge in [0.15, 0.2) is 0 Å². The fourth-order valence-corrected chi connectivity index (χ4v) is 2.79. The van der Waals surface area contributed by atoms with Gasteiger partial charge in [-0.1, -0.05) is 27.7 Å². The summed E-state index contributed by atoms with van der Waals surface area (Å²) in [6.45, 7) is 9.52. The Kier molecular flexibility index (Phi) is 3.06. The van der Waals surface area contributed by atoms with E-state index in [0.29, 0.717) is 5.41 Å². The first-order valence-electron chi connectivity index (χ1n) is 5.56. The molecule has 0 unspecified atom stereocenters. The Labute approximate surface area is 83.5 Å². The van der Waals surface area contributed by atoms with Crippen molar-refractivity contribution in [2.24, 2.45) is 17.3 Å². The predicted octanol–water partition coefficient (Wildman–Crippen LogP) is 3.01. The first-order valence-corrected chi connectivity index (χ1v) is 5.56. The van der Waals surface area contributed by atoms with Crippen molar-refractivity contribution in [2.75, 3.05) is 14.1 Å². The molecule has 0 spiro atoms. The van der Waals surface area contributed by atoms with E-state index in [1.54, 1.807) is 0 Å². The van der Waals surface area contributed by atoms with Crippen LogP contribution in [0.25, 0.3) is 0 Å². The molecular weight excluding hydrogens is 158 g/mol. The van der Waals surface area contributed by atoms with Gasteiger partial charge in [-0.3, -0.25) is 0 Å². The van der Waals surface area contributed by atoms with E-state index in [1.165, 1.54) is 12.8 Å². The summed E-state index contributed by atoms with van der Waals surface area (Å²) in [4.78, 5) is 2.38. The Balaban J connectivity index is 2.58. The summed E-state index contributed by atoms with van der Waals surface area (Å²) in [6, 6.07) is 0.838. The number of hydrogen-bond donors (Lipinski definition) is 0. The summed E-state index contributed by atoms with van der Waals surface area (Å²) in [5, 5.41) is 0. The van der Waals surface area contributed by atoms with Gasteiger partial charge in [0.1, 0.15) is 0 Å². The summed E-state index contributed by atoms with van der Waals surface area (Å²) in [6.07, 6.45) is 2.80. The van der Waals surface area contributed by atoms with Gasteiger partial charge in [0.2, 0.25) is 0 Å². The third-order valence-corrected chi connectivity index (χ3v) is 4.26. The van der Waals surface area contributed by atoms with E-state index in [4.69, 9.17) is 0 Å². The summed E-state index contributed by atoms with van der Waals surface area (Å²) < 4.78 is 0. The molecule has 1 aliphatic rings. The average molecular weight is 183 g/mol. The minimum Gasteiger partial charge on any atom is -0.306 e. The Hall–Kier alpha value is -0.0400. The monoisotopic (exact) mass is 183 g/mol. The summed E-state index contributed by atoms with van der Waals surface area (Å²) in [5.74, 6) is 1.67. The highest BCUT2D eigenvalue weighted by atomic mass is 15.1. The average Bonchev–Trinajstić information content (AvgIpc) is 1.80. The lowest BCUT2D eigenvalue weighted by Gasteiger charge is -2.55. The van der Waals surface area contributed by atoms with E-state index in [9.17, 15) is 0 Å². The van der Waals surface area contributed by atoms with Crippen LogP contribution in [-0.2, 0) is 0 Å². The molecule has 1 saturated carbocycles. The quantitative estimate of drug-likeness (QED) is 0.650. The fraction of sp³-hybridized carbons (Fsp3) is 1.00. The van der Waals surface area contributed by atoms with Crippen LogP contribution in [0.1, 0.15) is 40.5 Å². The minimum atomic E-state index is 0.634. The molecule has 1 nitrogen and oxygen atoms in total. The molecule has 1 aliphatic carbocycles. The molecule has 0 atom stereocenters. The smallest absolute Gasteiger partial charge is 0.0100 e. The largest absolute Gasteiger partial charge is 0.306 e. The molecule has 0 bridgehead atoms. The Bertz CT molecular complexity index is 154. The minimum absolute atomic E-state index is 0.634. The lowest BCUT2D eigenvalue weighted by atomic mass is 9.54. The van der Waals surface area contributed by atoms with Crippen molar-refractivity contribution < 1.29 is 0 Å². The van der Waals surface area contributed by atoms with Crippen LogP contribution in [0.15, 0.2) is 0 Å². The van der Waals surface area contributed by atoms with Gasteiger partial charge < -0.3 is 4.90 Å². The van der Waals surface area contributed by atoms with Gasteiger partial charge in [-0.2, -0.15) is 0 Å². The van der Waals surface area contributed by atoms with E-state index in [1.807, 2.05) is 0 Å². The maximum absolute atomic E-state index is 2.38. The second-order valence-corrected chi connectivity index (χ2v) is 5.57. The molecule has 0 radical (unpaired) electrons. The maximum atomic E-state index is 2.38. The fourth-order valence-electron chi connectivity index (χ4n) is 2.79. The summed E-state index contributed by atoms with van der Waals surface area (Å²) in [7, 11) is 4.41. The van der Waals surface area contributed by atoms with E-state index in [-0.39, 0.29) is 0 Å². The molecule has 1 heteroatoms. The zero-order chi connectivity index (χ0) is 10.2. The highest BCUT2D eigenvalue weighted by molar-refractivity contribution is 5.00. The molecule has 0 saturated heterocycles. The van der Waals surface area contributed by atoms with Crippen LogP contribution in [0.5, 0.6) is 0 Å². The van der Waals surface area contributed by atoms with Crippen molar-refractivity contribution in [1.82, 2.24) is 4.90 Å². The SMILES string of the molecule is CC(C)C1(C(C)C)CC(N(C)C)C1. The lowest BCUT2D eigenvalue weighted by Crippen LogP contribution is -2.53.